The molecule has 0 aromatic heterocycles. The van der Waals surface area contributed by atoms with Crippen LogP contribution in [0.1, 0.15) is 45.7 Å². The Balaban J connectivity index is 2.21. The Morgan fingerprint density at radius 2 is 1.60 bits per heavy atom. The normalized spacial score (nSPS) is 13.0. The predicted molar refractivity (Wildman–Crippen MR) is 107 cm³/mol. The summed E-state index contributed by atoms with van der Waals surface area (Å²) >= 11 is 0. The minimum absolute atomic E-state index is 0.0146. The van der Waals surface area contributed by atoms with Gasteiger partial charge in [-0.1, -0.05) is 69.3 Å². The predicted octanol–water partition coefficient (Wildman–Crippen LogP) is 6.12. The summed E-state index contributed by atoms with van der Waals surface area (Å²) in [5, 5.41) is 0. The lowest BCUT2D eigenvalue weighted by Gasteiger charge is -2.39. The third kappa shape index (κ3) is 4.82. The number of benzene rings is 2. The smallest absolute Gasteiger partial charge is 0.341 e. The lowest BCUT2D eigenvalue weighted by Crippen LogP contribution is -2.40. The third-order valence-electron chi connectivity index (χ3n) is 5.15. The second-order valence-corrected chi connectivity index (χ2v) is 8.03. The maximum atomic E-state index is 14.5. The topological polar surface area (TPSA) is 9.23 Å². The summed E-state index contributed by atoms with van der Waals surface area (Å²) < 4.78 is 20.3. The molecular formula is C22H28BFO. The van der Waals surface area contributed by atoms with Gasteiger partial charge in [0.05, 0.1) is 11.3 Å². The average Bonchev–Trinajstić information content (AvgIpc) is 2.55. The van der Waals surface area contributed by atoms with Crippen LogP contribution in [0.3, 0.4) is 0 Å². The molecule has 0 aliphatic rings. The van der Waals surface area contributed by atoms with Crippen LogP contribution >= 0.6 is 0 Å². The van der Waals surface area contributed by atoms with Crippen LogP contribution in [0.4, 0.5) is 4.39 Å². The van der Waals surface area contributed by atoms with Crippen LogP contribution in [0.5, 0.6) is 0 Å². The van der Waals surface area contributed by atoms with E-state index in [-0.39, 0.29) is 18.6 Å². The fourth-order valence-corrected chi connectivity index (χ4v) is 2.42. The first-order valence-electron chi connectivity index (χ1n) is 8.77. The highest BCUT2D eigenvalue weighted by atomic mass is 19.1. The summed E-state index contributed by atoms with van der Waals surface area (Å²) in [5.41, 5.74) is 3.50. The highest BCUT2D eigenvalue weighted by Crippen LogP contribution is 2.33. The molecule has 0 unspecified atom stereocenters. The van der Waals surface area contributed by atoms with Crippen molar-refractivity contribution in [3.63, 3.8) is 0 Å². The second-order valence-electron chi connectivity index (χ2n) is 8.03. The van der Waals surface area contributed by atoms with Crippen molar-refractivity contribution < 1.29 is 9.04 Å². The molecule has 1 nitrogen and oxygen atoms in total. The van der Waals surface area contributed by atoms with Crippen LogP contribution in [0.15, 0.2) is 54.3 Å². The van der Waals surface area contributed by atoms with Crippen LogP contribution in [0.25, 0.3) is 17.2 Å². The number of hydrogen-bond donors (Lipinski definition) is 0. The van der Waals surface area contributed by atoms with E-state index in [9.17, 15) is 4.39 Å². The quantitative estimate of drug-likeness (QED) is 0.597. The Hall–Kier alpha value is -1.87. The summed E-state index contributed by atoms with van der Waals surface area (Å²) in [6, 6.07) is 16.1. The Kier molecular flexibility index (Phi) is 5.89. The van der Waals surface area contributed by atoms with Gasteiger partial charge in [0, 0.05) is 0 Å². The lowest BCUT2D eigenvalue weighted by molar-refractivity contribution is 0.00354. The monoisotopic (exact) mass is 338 g/mol. The van der Waals surface area contributed by atoms with Crippen molar-refractivity contribution in [2.75, 3.05) is 0 Å². The van der Waals surface area contributed by atoms with Gasteiger partial charge in [0.15, 0.2) is 0 Å². The lowest BCUT2D eigenvalue weighted by atomic mass is 9.77. The van der Waals surface area contributed by atoms with Gasteiger partial charge < -0.3 is 4.65 Å². The van der Waals surface area contributed by atoms with Gasteiger partial charge in [-0.05, 0) is 54.5 Å². The Labute approximate surface area is 152 Å². The van der Waals surface area contributed by atoms with E-state index in [0.29, 0.717) is 0 Å². The molecule has 3 heteroatoms. The molecule has 0 aliphatic carbocycles. The SMILES string of the molecule is Cc1c(/C=C(\F)BOC(C)(C)C(C)(C)C)cccc1-c1ccccc1. The molecule has 25 heavy (non-hydrogen) atoms. The van der Waals surface area contributed by atoms with E-state index < -0.39 is 5.60 Å². The standard InChI is InChI=1S/C22H28BFO/c1-16-18(13-10-14-19(16)17-11-8-7-9-12-17)15-20(24)23-25-22(5,6)21(2,3)4/h7-15,23H,1-6H3/b20-15-. The van der Waals surface area contributed by atoms with Gasteiger partial charge in [0.2, 0.25) is 0 Å². The van der Waals surface area contributed by atoms with Gasteiger partial charge in [0.1, 0.15) is 0 Å². The van der Waals surface area contributed by atoms with Crippen molar-refractivity contribution in [3.05, 3.63) is 65.4 Å². The summed E-state index contributed by atoms with van der Waals surface area (Å²) in [7, 11) is -0.0146. The molecule has 0 heterocycles. The largest absolute Gasteiger partial charge is 0.426 e. The summed E-state index contributed by atoms with van der Waals surface area (Å²) in [5.74, 6) is 0. The molecule has 0 saturated carbocycles. The molecule has 0 amide bonds. The first-order chi connectivity index (χ1) is 11.6. The summed E-state index contributed by atoms with van der Waals surface area (Å²) in [6.07, 6.45) is 1.58. The maximum Gasteiger partial charge on any atom is 0.341 e. The van der Waals surface area contributed by atoms with Crippen LogP contribution < -0.4 is 0 Å². The molecular weight excluding hydrogens is 310 g/mol. The van der Waals surface area contributed by atoms with Gasteiger partial charge in [-0.15, -0.1) is 0 Å². The Morgan fingerprint density at radius 1 is 0.960 bits per heavy atom. The molecule has 0 radical (unpaired) electrons. The van der Waals surface area contributed by atoms with Crippen molar-refractivity contribution in [2.45, 2.75) is 47.1 Å². The molecule has 0 fully saturated rings. The molecule has 0 N–H and O–H groups in total. The van der Waals surface area contributed by atoms with Crippen molar-refractivity contribution in [1.82, 2.24) is 0 Å². The molecule has 0 spiro atoms. The summed E-state index contributed by atoms with van der Waals surface area (Å²) in [6.45, 7) is 12.3. The maximum absolute atomic E-state index is 14.5. The number of hydrogen-bond acceptors (Lipinski definition) is 1. The minimum atomic E-state index is -0.404. The average molecular weight is 338 g/mol. The van der Waals surface area contributed by atoms with Crippen LogP contribution in [0, 0.1) is 12.3 Å². The van der Waals surface area contributed by atoms with E-state index in [1.54, 1.807) is 6.08 Å². The van der Waals surface area contributed by atoms with E-state index in [0.717, 1.165) is 22.3 Å². The van der Waals surface area contributed by atoms with Crippen molar-refractivity contribution >= 4 is 13.6 Å². The summed E-state index contributed by atoms with van der Waals surface area (Å²) in [4.78, 5) is 0. The molecule has 0 aliphatic heterocycles. The van der Waals surface area contributed by atoms with Crippen molar-refractivity contribution in [1.29, 1.82) is 0 Å². The number of rotatable bonds is 5. The van der Waals surface area contributed by atoms with Crippen molar-refractivity contribution in [3.8, 4) is 11.1 Å². The minimum Gasteiger partial charge on any atom is -0.426 e. The third-order valence-corrected chi connectivity index (χ3v) is 5.15. The van der Waals surface area contributed by atoms with E-state index in [4.69, 9.17) is 4.65 Å². The van der Waals surface area contributed by atoms with Crippen molar-refractivity contribution in [2.24, 2.45) is 5.41 Å². The van der Waals surface area contributed by atoms with E-state index in [1.807, 2.05) is 51.1 Å². The first kappa shape index (κ1) is 19.5. The highest BCUT2D eigenvalue weighted by molar-refractivity contribution is 6.38. The van der Waals surface area contributed by atoms with E-state index in [2.05, 4.69) is 39.0 Å². The molecule has 2 aromatic rings. The molecule has 132 valence electrons. The van der Waals surface area contributed by atoms with E-state index in [1.165, 1.54) is 0 Å². The Morgan fingerprint density at radius 3 is 2.20 bits per heavy atom. The van der Waals surface area contributed by atoms with Gasteiger partial charge >= 0.3 is 7.48 Å². The molecule has 2 rings (SSSR count). The van der Waals surface area contributed by atoms with E-state index >= 15 is 0 Å². The number of halogens is 1. The van der Waals surface area contributed by atoms with Gasteiger partial charge in [0.25, 0.3) is 0 Å². The zero-order valence-electron chi connectivity index (χ0n) is 16.2. The first-order valence-corrected chi connectivity index (χ1v) is 8.77. The highest BCUT2D eigenvalue weighted by Gasteiger charge is 2.33. The zero-order valence-corrected chi connectivity index (χ0v) is 16.2. The van der Waals surface area contributed by atoms with Crippen LogP contribution in [-0.4, -0.2) is 13.1 Å². The fourth-order valence-electron chi connectivity index (χ4n) is 2.42. The van der Waals surface area contributed by atoms with Gasteiger partial charge in [-0.25, -0.2) is 4.39 Å². The van der Waals surface area contributed by atoms with Gasteiger partial charge in [-0.3, -0.25) is 0 Å². The van der Waals surface area contributed by atoms with Crippen LogP contribution in [-0.2, 0) is 4.65 Å². The zero-order chi connectivity index (χ0) is 18.7. The molecule has 0 atom stereocenters. The second kappa shape index (κ2) is 7.57. The Bertz CT molecular complexity index is 742. The van der Waals surface area contributed by atoms with Crippen LogP contribution in [0.2, 0.25) is 0 Å². The molecule has 0 saturated heterocycles. The molecule has 2 aromatic carbocycles. The fraction of sp³-hybridized carbons (Fsp3) is 0.364. The molecule has 0 bridgehead atoms. The van der Waals surface area contributed by atoms with Gasteiger partial charge in [-0.2, -0.15) is 0 Å².